The molecule has 0 unspecified atom stereocenters. The van der Waals surface area contributed by atoms with E-state index in [-0.39, 0.29) is 17.0 Å². The van der Waals surface area contributed by atoms with Crippen molar-refractivity contribution in [3.63, 3.8) is 0 Å². The number of alkyl halides is 9. The number of hydrazine groups is 1. The van der Waals surface area contributed by atoms with Gasteiger partial charge in [-0.3, -0.25) is 5.84 Å². The first kappa shape index (κ1) is 19.8. The van der Waals surface area contributed by atoms with Crippen LogP contribution in [0, 0.1) is 0 Å². The molecule has 0 bridgehead atoms. The first-order valence-corrected chi connectivity index (χ1v) is 4.64. The highest BCUT2D eigenvalue weighted by Gasteiger charge is 2.44. The van der Waals surface area contributed by atoms with Gasteiger partial charge in [-0.1, -0.05) is 0 Å². The number of halogens is 10. The normalized spacial score (nSPS) is 12.9. The van der Waals surface area contributed by atoms with Gasteiger partial charge in [-0.2, -0.15) is 39.5 Å². The summed E-state index contributed by atoms with van der Waals surface area (Å²) in [7, 11) is 0. The molecule has 1 aromatic rings. The lowest BCUT2D eigenvalue weighted by molar-refractivity contribution is -0.147. The molecule has 0 aliphatic rings. The van der Waals surface area contributed by atoms with Crippen molar-refractivity contribution in [3.8, 4) is 0 Å². The van der Waals surface area contributed by atoms with Crippen LogP contribution in [0.2, 0.25) is 0 Å². The van der Waals surface area contributed by atoms with E-state index >= 15 is 0 Å². The van der Waals surface area contributed by atoms with Gasteiger partial charge in [0.25, 0.3) is 0 Å². The maximum atomic E-state index is 12.5. The number of nitrogen functional groups attached to an aromatic ring is 1. The number of hydrogen-bond acceptors (Lipinski definition) is 2. The third kappa shape index (κ3) is 4.40. The van der Waals surface area contributed by atoms with Crippen molar-refractivity contribution in [2.75, 3.05) is 5.43 Å². The van der Waals surface area contributed by atoms with E-state index in [4.69, 9.17) is 0 Å². The van der Waals surface area contributed by atoms with Gasteiger partial charge in [0.15, 0.2) is 0 Å². The summed E-state index contributed by atoms with van der Waals surface area (Å²) >= 11 is 0. The summed E-state index contributed by atoms with van der Waals surface area (Å²) in [5, 5.41) is 0. The number of hydrogen-bond donors (Lipinski definition) is 2. The Morgan fingerprint density at radius 1 is 0.714 bits per heavy atom. The first-order chi connectivity index (χ1) is 8.78. The van der Waals surface area contributed by atoms with Crippen molar-refractivity contribution in [1.29, 1.82) is 0 Å². The summed E-state index contributed by atoms with van der Waals surface area (Å²) in [6, 6.07) is -0.880. The summed E-state index contributed by atoms with van der Waals surface area (Å²) in [5.74, 6) is 4.57. The predicted octanol–water partition coefficient (Wildman–Crippen LogP) is 4.61. The molecule has 0 aromatic heterocycles. The van der Waals surface area contributed by atoms with Crippen LogP contribution in [-0.2, 0) is 18.5 Å². The Balaban J connectivity index is 0.00000400. The minimum Gasteiger partial charge on any atom is -0.323 e. The molecule has 0 amide bonds. The Labute approximate surface area is 121 Å². The second-order valence-corrected chi connectivity index (χ2v) is 3.58. The van der Waals surface area contributed by atoms with Crippen LogP contribution in [0.25, 0.3) is 0 Å². The molecule has 21 heavy (non-hydrogen) atoms. The molecule has 0 aliphatic heterocycles. The maximum Gasteiger partial charge on any atom is 0.418 e. The van der Waals surface area contributed by atoms with E-state index in [0.29, 0.717) is 0 Å². The van der Waals surface area contributed by atoms with Gasteiger partial charge in [-0.05, 0) is 12.1 Å². The van der Waals surface area contributed by atoms with E-state index in [9.17, 15) is 39.5 Å². The Hall–Kier alpha value is -1.17. The van der Waals surface area contributed by atoms with E-state index in [2.05, 4.69) is 5.84 Å². The third-order valence-electron chi connectivity index (χ3n) is 2.22. The van der Waals surface area contributed by atoms with Gasteiger partial charge in [-0.25, -0.2) is 0 Å². The molecule has 0 spiro atoms. The smallest absolute Gasteiger partial charge is 0.323 e. The molecule has 0 saturated heterocycles. The number of benzene rings is 1. The van der Waals surface area contributed by atoms with Gasteiger partial charge in [0.1, 0.15) is 0 Å². The zero-order chi connectivity index (χ0) is 15.9. The Kier molecular flexibility index (Phi) is 5.58. The summed E-state index contributed by atoms with van der Waals surface area (Å²) in [6.07, 6.45) is -16.3. The van der Waals surface area contributed by atoms with Crippen molar-refractivity contribution in [3.05, 3.63) is 28.8 Å². The average molecular weight is 393 g/mol. The lowest BCUT2D eigenvalue weighted by Gasteiger charge is -2.20. The molecule has 0 atom stereocenters. The van der Waals surface area contributed by atoms with Crippen molar-refractivity contribution in [2.24, 2.45) is 5.84 Å². The van der Waals surface area contributed by atoms with E-state index in [0.717, 1.165) is 5.43 Å². The van der Waals surface area contributed by atoms with Gasteiger partial charge < -0.3 is 5.43 Å². The molecule has 12 heteroatoms. The lowest BCUT2D eigenvalue weighted by atomic mass is 10.0. The number of rotatable bonds is 1. The monoisotopic (exact) mass is 392 g/mol. The molecule has 0 heterocycles. The molecule has 0 aliphatic carbocycles. The van der Waals surface area contributed by atoms with Crippen LogP contribution >= 0.6 is 17.0 Å². The van der Waals surface area contributed by atoms with Gasteiger partial charge in [0.2, 0.25) is 0 Å². The SMILES string of the molecule is Br.NNc1c(C(F)(F)F)cc(C(F)(F)F)cc1C(F)(F)F. The third-order valence-corrected chi connectivity index (χ3v) is 2.22. The minimum atomic E-state index is -5.44. The molecule has 0 saturated carbocycles. The minimum absolute atomic E-state index is 0. The van der Waals surface area contributed by atoms with E-state index in [1.54, 1.807) is 0 Å². The highest BCUT2D eigenvalue weighted by Crippen LogP contribution is 2.45. The molecular formula is C9H6BrF9N2. The second-order valence-electron chi connectivity index (χ2n) is 3.58. The zero-order valence-corrected chi connectivity index (χ0v) is 11.3. The lowest BCUT2D eigenvalue weighted by Crippen LogP contribution is -2.22. The van der Waals surface area contributed by atoms with Crippen molar-refractivity contribution >= 4 is 22.7 Å². The topological polar surface area (TPSA) is 38.0 Å². The van der Waals surface area contributed by atoms with Crippen LogP contribution < -0.4 is 11.3 Å². The predicted molar refractivity (Wildman–Crippen MR) is 59.6 cm³/mol. The standard InChI is InChI=1S/C9H5F9N2.BrH/c10-7(11,12)3-1-4(8(13,14)15)6(20-19)5(2-3)9(16,17)18;/h1-2,20H,19H2;1H. The second kappa shape index (κ2) is 5.91. The average Bonchev–Trinajstić information content (AvgIpc) is 2.23. The van der Waals surface area contributed by atoms with Crippen LogP contribution in [0.3, 0.4) is 0 Å². The maximum absolute atomic E-state index is 12.5. The van der Waals surface area contributed by atoms with Crippen LogP contribution in [-0.4, -0.2) is 0 Å². The van der Waals surface area contributed by atoms with Gasteiger partial charge in [0, 0.05) is 0 Å². The molecule has 122 valence electrons. The quantitative estimate of drug-likeness (QED) is 0.416. The summed E-state index contributed by atoms with van der Waals surface area (Å²) in [4.78, 5) is 0. The Morgan fingerprint density at radius 2 is 1.05 bits per heavy atom. The van der Waals surface area contributed by atoms with Crippen LogP contribution in [0.15, 0.2) is 12.1 Å². The molecule has 3 N–H and O–H groups in total. The van der Waals surface area contributed by atoms with E-state index < -0.39 is 53.0 Å². The molecule has 1 aromatic carbocycles. The largest absolute Gasteiger partial charge is 0.418 e. The fraction of sp³-hybridized carbons (Fsp3) is 0.333. The van der Waals surface area contributed by atoms with Crippen LogP contribution in [0.4, 0.5) is 45.2 Å². The summed E-state index contributed by atoms with van der Waals surface area (Å²) in [5.41, 5.74) is -6.89. The summed E-state index contributed by atoms with van der Waals surface area (Å²) in [6.45, 7) is 0. The van der Waals surface area contributed by atoms with Crippen molar-refractivity contribution < 1.29 is 39.5 Å². The van der Waals surface area contributed by atoms with Crippen LogP contribution in [0.5, 0.6) is 0 Å². The first-order valence-electron chi connectivity index (χ1n) is 4.64. The van der Waals surface area contributed by atoms with Crippen molar-refractivity contribution in [1.82, 2.24) is 0 Å². The summed E-state index contributed by atoms with van der Waals surface area (Å²) < 4.78 is 112. The van der Waals surface area contributed by atoms with Gasteiger partial charge >= 0.3 is 18.5 Å². The fourth-order valence-corrected chi connectivity index (χ4v) is 1.41. The van der Waals surface area contributed by atoms with Gasteiger partial charge in [0.05, 0.1) is 22.4 Å². The van der Waals surface area contributed by atoms with Gasteiger partial charge in [-0.15, -0.1) is 17.0 Å². The van der Waals surface area contributed by atoms with Crippen LogP contribution in [0.1, 0.15) is 16.7 Å². The molecule has 1 rings (SSSR count). The zero-order valence-electron chi connectivity index (χ0n) is 9.54. The molecular weight excluding hydrogens is 387 g/mol. The molecule has 0 radical (unpaired) electrons. The number of nitrogens with one attached hydrogen (secondary N) is 1. The molecule has 2 nitrogen and oxygen atoms in total. The van der Waals surface area contributed by atoms with Crippen molar-refractivity contribution in [2.45, 2.75) is 18.5 Å². The fourth-order valence-electron chi connectivity index (χ4n) is 1.41. The Bertz CT molecular complexity index is 468. The molecule has 0 fully saturated rings. The highest BCUT2D eigenvalue weighted by molar-refractivity contribution is 8.93. The van der Waals surface area contributed by atoms with E-state index in [1.807, 2.05) is 0 Å². The Morgan fingerprint density at radius 3 is 1.24 bits per heavy atom. The number of nitrogens with two attached hydrogens (primary N) is 1. The number of anilines is 1. The highest BCUT2D eigenvalue weighted by atomic mass is 79.9. The van der Waals surface area contributed by atoms with E-state index in [1.165, 1.54) is 0 Å².